The molecule has 104 valence electrons. The van der Waals surface area contributed by atoms with Crippen LogP contribution in [0.4, 0.5) is 5.82 Å². The molecule has 0 aliphatic carbocycles. The normalized spacial score (nSPS) is 11.2. The number of aryl methyl sites for hydroxylation is 2. The summed E-state index contributed by atoms with van der Waals surface area (Å²) in [6.07, 6.45) is 4.07. The number of fused-ring (bicyclic) bond motifs is 1. The third-order valence-electron chi connectivity index (χ3n) is 3.49. The number of pyridine rings is 1. The van der Waals surface area contributed by atoms with Crippen LogP contribution in [0, 0.1) is 0 Å². The van der Waals surface area contributed by atoms with E-state index in [9.17, 15) is 0 Å². The summed E-state index contributed by atoms with van der Waals surface area (Å²) in [5, 5.41) is 8.70. The molecule has 3 aromatic rings. The standard InChI is InChI=1S/C14H16BrN5/c1-4-20-8-10(9-5-13(15)17-7-12(9)20)11-6-14(16-2)18-19(11)3/h5-8H,4H2,1-3H3,(H,16,18). The number of aromatic nitrogens is 4. The average Bonchev–Trinajstić information content (AvgIpc) is 2.98. The maximum Gasteiger partial charge on any atom is 0.148 e. The van der Waals surface area contributed by atoms with Crippen LogP contribution in [0.1, 0.15) is 6.92 Å². The van der Waals surface area contributed by atoms with Gasteiger partial charge in [-0.15, -0.1) is 0 Å². The third kappa shape index (κ3) is 2.00. The van der Waals surface area contributed by atoms with Gasteiger partial charge in [0.05, 0.1) is 17.4 Å². The fourth-order valence-corrected chi connectivity index (χ4v) is 2.80. The lowest BCUT2D eigenvalue weighted by atomic mass is 10.1. The maximum atomic E-state index is 4.44. The Hall–Kier alpha value is -1.82. The summed E-state index contributed by atoms with van der Waals surface area (Å²) in [4.78, 5) is 4.33. The highest BCUT2D eigenvalue weighted by Crippen LogP contribution is 2.32. The molecule has 3 aromatic heterocycles. The van der Waals surface area contributed by atoms with Gasteiger partial charge in [0.1, 0.15) is 10.4 Å². The largest absolute Gasteiger partial charge is 0.372 e. The van der Waals surface area contributed by atoms with Crippen LogP contribution in [0.15, 0.2) is 29.1 Å². The highest BCUT2D eigenvalue weighted by molar-refractivity contribution is 9.10. The van der Waals surface area contributed by atoms with Gasteiger partial charge in [0, 0.05) is 43.9 Å². The van der Waals surface area contributed by atoms with Crippen LogP contribution in [0.3, 0.4) is 0 Å². The van der Waals surface area contributed by atoms with Crippen LogP contribution in [-0.4, -0.2) is 26.4 Å². The quantitative estimate of drug-likeness (QED) is 0.748. The Labute approximate surface area is 125 Å². The first-order chi connectivity index (χ1) is 9.63. The number of hydrogen-bond donors (Lipinski definition) is 1. The Morgan fingerprint density at radius 3 is 2.80 bits per heavy atom. The monoisotopic (exact) mass is 333 g/mol. The summed E-state index contributed by atoms with van der Waals surface area (Å²) >= 11 is 3.45. The van der Waals surface area contributed by atoms with Gasteiger partial charge in [-0.25, -0.2) is 4.98 Å². The molecule has 0 aromatic carbocycles. The first-order valence-corrected chi connectivity index (χ1v) is 7.30. The molecule has 0 amide bonds. The number of rotatable bonds is 3. The van der Waals surface area contributed by atoms with Crippen molar-refractivity contribution in [1.82, 2.24) is 19.3 Å². The molecule has 3 heterocycles. The molecular formula is C14H16BrN5. The Balaban J connectivity index is 2.29. The van der Waals surface area contributed by atoms with Gasteiger partial charge in [-0.05, 0) is 28.9 Å². The van der Waals surface area contributed by atoms with Crippen molar-refractivity contribution in [3.8, 4) is 11.3 Å². The molecule has 0 saturated heterocycles. The number of halogens is 1. The summed E-state index contributed by atoms with van der Waals surface area (Å²) < 4.78 is 4.95. The van der Waals surface area contributed by atoms with E-state index >= 15 is 0 Å². The summed E-state index contributed by atoms with van der Waals surface area (Å²) in [6.45, 7) is 3.05. The van der Waals surface area contributed by atoms with Gasteiger partial charge in [-0.3, -0.25) is 4.68 Å². The fraction of sp³-hybridized carbons (Fsp3) is 0.286. The lowest BCUT2D eigenvalue weighted by molar-refractivity contribution is 0.774. The zero-order chi connectivity index (χ0) is 14.3. The van der Waals surface area contributed by atoms with E-state index in [1.54, 1.807) is 0 Å². The van der Waals surface area contributed by atoms with E-state index in [0.29, 0.717) is 0 Å². The first kappa shape index (κ1) is 13.2. The van der Waals surface area contributed by atoms with Crippen molar-refractivity contribution in [2.24, 2.45) is 7.05 Å². The van der Waals surface area contributed by atoms with Crippen molar-refractivity contribution < 1.29 is 0 Å². The molecule has 0 spiro atoms. The van der Waals surface area contributed by atoms with E-state index < -0.39 is 0 Å². The number of hydrogen-bond acceptors (Lipinski definition) is 3. The third-order valence-corrected chi connectivity index (χ3v) is 3.92. The second-order valence-electron chi connectivity index (χ2n) is 4.64. The van der Waals surface area contributed by atoms with Crippen molar-refractivity contribution >= 4 is 32.7 Å². The summed E-state index contributed by atoms with van der Waals surface area (Å²) in [5.41, 5.74) is 3.39. The zero-order valence-electron chi connectivity index (χ0n) is 11.7. The Morgan fingerprint density at radius 1 is 1.35 bits per heavy atom. The van der Waals surface area contributed by atoms with Gasteiger partial charge in [0.15, 0.2) is 0 Å². The van der Waals surface area contributed by atoms with Crippen LogP contribution < -0.4 is 5.32 Å². The van der Waals surface area contributed by atoms with Crippen molar-refractivity contribution in [3.05, 3.63) is 29.1 Å². The fourth-order valence-electron chi connectivity index (χ4n) is 2.47. The zero-order valence-corrected chi connectivity index (χ0v) is 13.3. The highest BCUT2D eigenvalue weighted by atomic mass is 79.9. The van der Waals surface area contributed by atoms with Gasteiger partial charge in [0.25, 0.3) is 0 Å². The van der Waals surface area contributed by atoms with Gasteiger partial charge in [0.2, 0.25) is 0 Å². The molecule has 20 heavy (non-hydrogen) atoms. The predicted octanol–water partition coefficient (Wildman–Crippen LogP) is 3.26. The topological polar surface area (TPSA) is 47.7 Å². The molecule has 0 bridgehead atoms. The molecule has 0 saturated carbocycles. The molecule has 0 atom stereocenters. The van der Waals surface area contributed by atoms with Crippen LogP contribution in [-0.2, 0) is 13.6 Å². The second-order valence-corrected chi connectivity index (χ2v) is 5.45. The van der Waals surface area contributed by atoms with E-state index in [-0.39, 0.29) is 0 Å². The minimum Gasteiger partial charge on any atom is -0.372 e. The smallest absolute Gasteiger partial charge is 0.148 e. The van der Waals surface area contributed by atoms with Crippen LogP contribution >= 0.6 is 15.9 Å². The molecule has 6 heteroatoms. The molecule has 3 rings (SSSR count). The van der Waals surface area contributed by atoms with Gasteiger partial charge >= 0.3 is 0 Å². The van der Waals surface area contributed by atoms with Gasteiger partial charge in [-0.2, -0.15) is 5.10 Å². The predicted molar refractivity (Wildman–Crippen MR) is 84.9 cm³/mol. The number of nitrogens with zero attached hydrogens (tertiary/aromatic N) is 4. The second kappa shape index (κ2) is 4.94. The van der Waals surface area contributed by atoms with Crippen molar-refractivity contribution in [2.45, 2.75) is 13.5 Å². The molecular weight excluding hydrogens is 318 g/mol. The SMILES string of the molecule is CCn1cc(-c2cc(NC)nn2C)c2cc(Br)ncc21. The minimum absolute atomic E-state index is 0.844. The van der Waals surface area contributed by atoms with E-state index in [1.165, 1.54) is 10.9 Å². The van der Waals surface area contributed by atoms with E-state index in [1.807, 2.05) is 25.0 Å². The summed E-state index contributed by atoms with van der Waals surface area (Å²) in [5.74, 6) is 0.869. The molecule has 0 aliphatic heterocycles. The molecule has 0 fully saturated rings. The van der Waals surface area contributed by atoms with Crippen LogP contribution in [0.2, 0.25) is 0 Å². The highest BCUT2D eigenvalue weighted by Gasteiger charge is 2.14. The first-order valence-electron chi connectivity index (χ1n) is 6.50. The summed E-state index contributed by atoms with van der Waals surface area (Å²) in [6, 6.07) is 4.12. The Morgan fingerprint density at radius 2 is 2.15 bits per heavy atom. The average molecular weight is 334 g/mol. The number of nitrogens with one attached hydrogen (secondary N) is 1. The lowest BCUT2D eigenvalue weighted by Gasteiger charge is -1.99. The van der Waals surface area contributed by atoms with E-state index in [2.05, 4.69) is 61.1 Å². The minimum atomic E-state index is 0.844. The van der Waals surface area contributed by atoms with E-state index in [0.717, 1.165) is 28.2 Å². The van der Waals surface area contributed by atoms with Crippen LogP contribution in [0.5, 0.6) is 0 Å². The molecule has 0 radical (unpaired) electrons. The van der Waals surface area contributed by atoms with E-state index in [4.69, 9.17) is 0 Å². The summed E-state index contributed by atoms with van der Waals surface area (Å²) in [7, 11) is 3.84. The molecule has 5 nitrogen and oxygen atoms in total. The molecule has 0 aliphatic rings. The maximum absolute atomic E-state index is 4.44. The number of anilines is 1. The lowest BCUT2D eigenvalue weighted by Crippen LogP contribution is -1.95. The Bertz CT molecular complexity index is 771. The Kier molecular flexibility index (Phi) is 3.25. The van der Waals surface area contributed by atoms with Crippen molar-refractivity contribution in [1.29, 1.82) is 0 Å². The molecule has 1 N–H and O–H groups in total. The van der Waals surface area contributed by atoms with Crippen molar-refractivity contribution in [3.63, 3.8) is 0 Å². The van der Waals surface area contributed by atoms with Crippen molar-refractivity contribution in [2.75, 3.05) is 12.4 Å². The van der Waals surface area contributed by atoms with Crippen LogP contribution in [0.25, 0.3) is 22.2 Å². The van der Waals surface area contributed by atoms with Gasteiger partial charge in [-0.1, -0.05) is 0 Å². The van der Waals surface area contributed by atoms with Gasteiger partial charge < -0.3 is 9.88 Å². The molecule has 0 unspecified atom stereocenters.